The third-order valence-electron chi connectivity index (χ3n) is 9.91. The molecule has 1 aliphatic carbocycles. The van der Waals surface area contributed by atoms with Crippen LogP contribution in [0.15, 0.2) is 79.0 Å². The van der Waals surface area contributed by atoms with Gasteiger partial charge in [-0.1, -0.05) is 24.3 Å². The number of nitrogens with two attached hydrogens (primary N) is 1. The predicted octanol–water partition coefficient (Wildman–Crippen LogP) is 6.69. The van der Waals surface area contributed by atoms with Crippen LogP contribution in [0, 0.1) is 0 Å². The number of fused-ring (bicyclic) bond motifs is 1. The minimum absolute atomic E-state index is 0.117. The second-order valence-corrected chi connectivity index (χ2v) is 14.4. The van der Waals surface area contributed by atoms with Gasteiger partial charge in [-0.3, -0.25) is 9.36 Å². The number of hydrogen-bond acceptors (Lipinski definition) is 8. The highest BCUT2D eigenvalue weighted by Gasteiger charge is 2.41. The van der Waals surface area contributed by atoms with Crippen molar-refractivity contribution in [1.29, 1.82) is 0 Å². The fraction of sp³-hybridized carbons (Fsp3) is 0.359. The third-order valence-corrected chi connectivity index (χ3v) is 9.91. The van der Waals surface area contributed by atoms with E-state index in [2.05, 4.69) is 52.6 Å². The Kier molecular flexibility index (Phi) is 8.45. The summed E-state index contributed by atoms with van der Waals surface area (Å²) in [5.41, 5.74) is 12.2. The van der Waals surface area contributed by atoms with E-state index in [4.69, 9.17) is 20.4 Å². The van der Waals surface area contributed by atoms with Crippen molar-refractivity contribution in [2.24, 2.45) is 0 Å². The molecule has 1 saturated heterocycles. The number of likely N-dealkylation sites (N-methyl/N-ethyl adjacent to an activating group) is 1. The number of imidazole rings is 1. The van der Waals surface area contributed by atoms with Gasteiger partial charge < -0.3 is 25.6 Å². The minimum atomic E-state index is -0.580. The Balaban J connectivity index is 1.26. The first-order valence-electron chi connectivity index (χ1n) is 17.2. The van der Waals surface area contributed by atoms with Gasteiger partial charge in [0.15, 0.2) is 11.5 Å². The van der Waals surface area contributed by atoms with Gasteiger partial charge in [0, 0.05) is 56.2 Å². The smallest absolute Gasteiger partial charge is 0.408 e. The van der Waals surface area contributed by atoms with Crippen LogP contribution in [0.4, 0.5) is 16.3 Å². The average Bonchev–Trinajstić information content (AvgIpc) is 3.71. The maximum absolute atomic E-state index is 12.8. The van der Waals surface area contributed by atoms with Crippen molar-refractivity contribution in [3.05, 3.63) is 84.6 Å². The molecule has 5 aromatic rings. The molecule has 2 aliphatic rings. The summed E-state index contributed by atoms with van der Waals surface area (Å²) < 4.78 is 7.62. The van der Waals surface area contributed by atoms with Crippen LogP contribution in [0.25, 0.3) is 39.5 Å². The standard InChI is InChI=1S/C39H44N8O3/c1-25(48)46-22-18-30(24-46)45(5)29-10-6-9-26(23-29)32-16-17-33-36(42-32)47(35(43-33)31-11-7-21-41-34(31)40)28-14-12-27(13-15-28)39(19-8-20-39)44-37(49)50-38(2,3)4/h6-7,9-17,21,23,30H,8,18-20,22,24H2,1-5H3,(H2,40,41)(H,44,49)/t30-/m0/s1. The van der Waals surface area contributed by atoms with E-state index in [1.807, 2.05) is 72.7 Å². The van der Waals surface area contributed by atoms with E-state index in [-0.39, 0.29) is 11.9 Å². The van der Waals surface area contributed by atoms with Crippen LogP contribution in [0.5, 0.6) is 0 Å². The number of likely N-dealkylation sites (tertiary alicyclic amines) is 1. The van der Waals surface area contributed by atoms with Crippen molar-refractivity contribution in [3.8, 4) is 28.3 Å². The maximum Gasteiger partial charge on any atom is 0.408 e. The Labute approximate surface area is 292 Å². The van der Waals surface area contributed by atoms with Crippen molar-refractivity contribution < 1.29 is 14.3 Å². The largest absolute Gasteiger partial charge is 0.444 e. The number of carbonyl (C=O) groups excluding carboxylic acids is 2. The number of ether oxygens (including phenoxy) is 1. The summed E-state index contributed by atoms with van der Waals surface area (Å²) in [6.07, 6.45) is 4.89. The van der Waals surface area contributed by atoms with E-state index >= 15 is 0 Å². The summed E-state index contributed by atoms with van der Waals surface area (Å²) in [6.45, 7) is 8.73. The Hall–Kier alpha value is -5.45. The molecule has 2 amide bonds. The topological polar surface area (TPSA) is 132 Å². The molecular weight excluding hydrogens is 628 g/mol. The molecule has 4 heterocycles. The Morgan fingerprint density at radius 2 is 1.80 bits per heavy atom. The number of carbonyl (C=O) groups is 2. The fourth-order valence-electron chi connectivity index (χ4n) is 7.03. The molecule has 11 heteroatoms. The van der Waals surface area contributed by atoms with Gasteiger partial charge in [0.25, 0.3) is 0 Å². The van der Waals surface area contributed by atoms with Gasteiger partial charge in [-0.2, -0.15) is 0 Å². The van der Waals surface area contributed by atoms with Crippen LogP contribution >= 0.6 is 0 Å². The van der Waals surface area contributed by atoms with Crippen LogP contribution in [0.3, 0.4) is 0 Å². The number of nitrogens with zero attached hydrogens (tertiary/aromatic N) is 6. The molecule has 3 N–H and O–H groups in total. The summed E-state index contributed by atoms with van der Waals surface area (Å²) in [5, 5.41) is 3.16. The van der Waals surface area contributed by atoms with Crippen molar-refractivity contribution >= 4 is 34.7 Å². The SMILES string of the molecule is CC(=O)N1CC[C@H](N(C)c2cccc(-c3ccc4nc(-c5cccnc5N)n(-c5ccc(C6(NC(=O)OC(C)(C)C)CCC6)cc5)c4n3)c2)C1. The Bertz CT molecular complexity index is 2060. The number of nitrogen functional groups attached to an aromatic ring is 1. The lowest BCUT2D eigenvalue weighted by Gasteiger charge is -2.43. The van der Waals surface area contributed by atoms with Gasteiger partial charge in [-0.25, -0.2) is 19.7 Å². The molecule has 2 aromatic carbocycles. The van der Waals surface area contributed by atoms with Gasteiger partial charge in [0.05, 0.1) is 16.8 Å². The lowest BCUT2D eigenvalue weighted by atomic mass is 9.72. The van der Waals surface area contributed by atoms with Crippen LogP contribution in [0.2, 0.25) is 0 Å². The first-order chi connectivity index (χ1) is 23.9. The summed E-state index contributed by atoms with van der Waals surface area (Å²) in [5.74, 6) is 1.13. The Morgan fingerprint density at radius 3 is 2.46 bits per heavy atom. The number of amides is 2. The summed E-state index contributed by atoms with van der Waals surface area (Å²) in [4.78, 5) is 43.5. The molecule has 1 aliphatic heterocycles. The zero-order valence-electron chi connectivity index (χ0n) is 29.3. The highest BCUT2D eigenvalue weighted by Crippen LogP contribution is 2.42. The molecule has 11 nitrogen and oxygen atoms in total. The van der Waals surface area contributed by atoms with Crippen LogP contribution in [-0.4, -0.2) is 68.2 Å². The van der Waals surface area contributed by atoms with E-state index in [9.17, 15) is 9.59 Å². The predicted molar refractivity (Wildman–Crippen MR) is 196 cm³/mol. The quantitative estimate of drug-likeness (QED) is 0.196. The van der Waals surface area contributed by atoms with Gasteiger partial charge in [-0.05, 0) is 101 Å². The second-order valence-electron chi connectivity index (χ2n) is 14.4. The summed E-state index contributed by atoms with van der Waals surface area (Å²) in [7, 11) is 2.09. The van der Waals surface area contributed by atoms with E-state index < -0.39 is 17.2 Å². The van der Waals surface area contributed by atoms with Crippen LogP contribution in [0.1, 0.15) is 58.9 Å². The first-order valence-corrected chi connectivity index (χ1v) is 17.2. The Morgan fingerprint density at radius 1 is 1.02 bits per heavy atom. The summed E-state index contributed by atoms with van der Waals surface area (Å²) in [6, 6.07) is 24.6. The number of anilines is 2. The van der Waals surface area contributed by atoms with E-state index in [1.165, 1.54) is 0 Å². The number of aromatic nitrogens is 4. The molecule has 3 aromatic heterocycles. The van der Waals surface area contributed by atoms with Crippen molar-refractivity contribution in [2.45, 2.75) is 70.6 Å². The normalized spacial score (nSPS) is 17.0. The molecule has 2 fully saturated rings. The first kappa shape index (κ1) is 33.1. The number of rotatable bonds is 7. The molecule has 0 spiro atoms. The highest BCUT2D eigenvalue weighted by molar-refractivity contribution is 5.85. The number of benzene rings is 2. The van der Waals surface area contributed by atoms with E-state index in [0.717, 1.165) is 72.5 Å². The minimum Gasteiger partial charge on any atom is -0.444 e. The van der Waals surface area contributed by atoms with Gasteiger partial charge >= 0.3 is 6.09 Å². The maximum atomic E-state index is 12.8. The second kappa shape index (κ2) is 12.8. The van der Waals surface area contributed by atoms with E-state index in [0.29, 0.717) is 22.9 Å². The summed E-state index contributed by atoms with van der Waals surface area (Å²) >= 11 is 0. The van der Waals surface area contributed by atoms with Gasteiger partial charge in [-0.15, -0.1) is 0 Å². The molecule has 0 radical (unpaired) electrons. The van der Waals surface area contributed by atoms with Crippen molar-refractivity contribution in [1.82, 2.24) is 29.7 Å². The molecule has 0 unspecified atom stereocenters. The molecule has 1 saturated carbocycles. The lowest BCUT2D eigenvalue weighted by molar-refractivity contribution is -0.127. The zero-order chi connectivity index (χ0) is 35.2. The van der Waals surface area contributed by atoms with Crippen molar-refractivity contribution in [3.63, 3.8) is 0 Å². The average molecular weight is 673 g/mol. The number of pyridine rings is 2. The van der Waals surface area contributed by atoms with Crippen LogP contribution < -0.4 is 16.0 Å². The lowest BCUT2D eigenvalue weighted by Crippen LogP contribution is -2.52. The molecule has 50 heavy (non-hydrogen) atoms. The van der Waals surface area contributed by atoms with Crippen LogP contribution in [-0.2, 0) is 15.1 Å². The van der Waals surface area contributed by atoms with Gasteiger partial charge in [0.1, 0.15) is 16.9 Å². The number of nitrogens with one attached hydrogen (secondary N) is 1. The number of alkyl carbamates (subject to hydrolysis) is 1. The molecule has 258 valence electrons. The monoisotopic (exact) mass is 672 g/mol. The van der Waals surface area contributed by atoms with E-state index in [1.54, 1.807) is 13.1 Å². The molecule has 7 rings (SSSR count). The van der Waals surface area contributed by atoms with Crippen molar-refractivity contribution in [2.75, 3.05) is 30.8 Å². The molecule has 1 atom stereocenters. The van der Waals surface area contributed by atoms with Gasteiger partial charge in [0.2, 0.25) is 5.91 Å². The molecular formula is C39H44N8O3. The highest BCUT2D eigenvalue weighted by atomic mass is 16.6. The fourth-order valence-corrected chi connectivity index (χ4v) is 7.03. The number of hydrogen-bond donors (Lipinski definition) is 2. The third kappa shape index (κ3) is 6.35. The molecule has 0 bridgehead atoms. The zero-order valence-corrected chi connectivity index (χ0v) is 29.3.